The molecule has 0 radical (unpaired) electrons. The first-order valence-electron chi connectivity index (χ1n) is 4.53. The minimum Gasteiger partial charge on any atom is -0.344 e. The van der Waals surface area contributed by atoms with E-state index in [9.17, 15) is 0 Å². The summed E-state index contributed by atoms with van der Waals surface area (Å²) in [6.07, 6.45) is 1.83. The molecular formula is C9H17N3S. The zero-order valence-corrected chi connectivity index (χ0v) is 9.21. The summed E-state index contributed by atoms with van der Waals surface area (Å²) in [6.45, 7) is 7.20. The SMILES string of the molecule is CC(N)CN(c1nccs1)C(C)C. The fourth-order valence-electron chi connectivity index (χ4n) is 1.18. The van der Waals surface area contributed by atoms with Gasteiger partial charge in [0.05, 0.1) is 0 Å². The topological polar surface area (TPSA) is 42.1 Å². The maximum atomic E-state index is 5.77. The van der Waals surface area contributed by atoms with Gasteiger partial charge in [0.1, 0.15) is 0 Å². The molecule has 3 nitrogen and oxygen atoms in total. The molecule has 4 heteroatoms. The molecule has 1 aromatic heterocycles. The van der Waals surface area contributed by atoms with Crippen LogP contribution in [0.5, 0.6) is 0 Å². The van der Waals surface area contributed by atoms with Gasteiger partial charge in [0.25, 0.3) is 0 Å². The van der Waals surface area contributed by atoms with Gasteiger partial charge in [-0.15, -0.1) is 11.3 Å². The summed E-state index contributed by atoms with van der Waals surface area (Å²) in [5.41, 5.74) is 5.77. The van der Waals surface area contributed by atoms with Crippen molar-refractivity contribution in [1.29, 1.82) is 0 Å². The highest BCUT2D eigenvalue weighted by Gasteiger charge is 2.13. The van der Waals surface area contributed by atoms with Crippen LogP contribution >= 0.6 is 11.3 Å². The van der Waals surface area contributed by atoms with E-state index in [1.165, 1.54) is 0 Å². The van der Waals surface area contributed by atoms with Crippen molar-refractivity contribution in [3.8, 4) is 0 Å². The smallest absolute Gasteiger partial charge is 0.185 e. The van der Waals surface area contributed by atoms with Gasteiger partial charge in [0.2, 0.25) is 0 Å². The first-order chi connectivity index (χ1) is 6.11. The molecule has 1 unspecified atom stereocenters. The molecule has 0 fully saturated rings. The summed E-state index contributed by atoms with van der Waals surface area (Å²) in [6, 6.07) is 0.642. The molecule has 1 heterocycles. The third-order valence-electron chi connectivity index (χ3n) is 1.77. The van der Waals surface area contributed by atoms with Gasteiger partial charge in [0, 0.05) is 30.2 Å². The number of rotatable bonds is 4. The van der Waals surface area contributed by atoms with Gasteiger partial charge in [-0.1, -0.05) is 0 Å². The Hall–Kier alpha value is -0.610. The predicted octanol–water partition coefficient (Wildman–Crippen LogP) is 1.71. The third-order valence-corrected chi connectivity index (χ3v) is 2.58. The van der Waals surface area contributed by atoms with E-state index < -0.39 is 0 Å². The molecular weight excluding hydrogens is 182 g/mol. The minimum atomic E-state index is 0.186. The number of anilines is 1. The van der Waals surface area contributed by atoms with Gasteiger partial charge < -0.3 is 10.6 Å². The summed E-state index contributed by atoms with van der Waals surface area (Å²) in [4.78, 5) is 6.51. The fourth-order valence-corrected chi connectivity index (χ4v) is 1.96. The van der Waals surface area contributed by atoms with E-state index in [4.69, 9.17) is 5.73 Å². The van der Waals surface area contributed by atoms with Crippen LogP contribution in [0.15, 0.2) is 11.6 Å². The van der Waals surface area contributed by atoms with Crippen LogP contribution in [-0.2, 0) is 0 Å². The molecule has 0 saturated heterocycles. The van der Waals surface area contributed by atoms with Crippen LogP contribution in [0.1, 0.15) is 20.8 Å². The van der Waals surface area contributed by atoms with Crippen molar-refractivity contribution in [1.82, 2.24) is 4.98 Å². The van der Waals surface area contributed by atoms with E-state index in [2.05, 4.69) is 23.7 Å². The quantitative estimate of drug-likeness (QED) is 0.802. The first-order valence-corrected chi connectivity index (χ1v) is 5.41. The predicted molar refractivity (Wildman–Crippen MR) is 58.2 cm³/mol. The van der Waals surface area contributed by atoms with E-state index in [0.29, 0.717) is 6.04 Å². The lowest BCUT2D eigenvalue weighted by Crippen LogP contribution is -2.39. The second-order valence-electron chi connectivity index (χ2n) is 3.54. The Morgan fingerprint density at radius 2 is 2.23 bits per heavy atom. The molecule has 0 aromatic carbocycles. The normalized spacial score (nSPS) is 13.3. The second kappa shape index (κ2) is 4.58. The molecule has 74 valence electrons. The molecule has 0 aliphatic heterocycles. The Labute approximate surface area is 83.6 Å². The van der Waals surface area contributed by atoms with Crippen molar-refractivity contribution < 1.29 is 0 Å². The molecule has 0 spiro atoms. The highest BCUT2D eigenvalue weighted by molar-refractivity contribution is 7.13. The number of thiazole rings is 1. The summed E-state index contributed by atoms with van der Waals surface area (Å²) in [5.74, 6) is 0. The van der Waals surface area contributed by atoms with Crippen molar-refractivity contribution in [3.05, 3.63) is 11.6 Å². The monoisotopic (exact) mass is 199 g/mol. The van der Waals surface area contributed by atoms with Crippen LogP contribution in [0.25, 0.3) is 0 Å². The van der Waals surface area contributed by atoms with Crippen LogP contribution in [0.3, 0.4) is 0 Å². The summed E-state index contributed by atoms with van der Waals surface area (Å²) in [7, 11) is 0. The van der Waals surface area contributed by atoms with Crippen LogP contribution in [-0.4, -0.2) is 23.6 Å². The molecule has 1 atom stereocenters. The average molecular weight is 199 g/mol. The van der Waals surface area contributed by atoms with E-state index >= 15 is 0 Å². The molecule has 1 rings (SSSR count). The van der Waals surface area contributed by atoms with E-state index in [1.54, 1.807) is 11.3 Å². The van der Waals surface area contributed by atoms with Crippen molar-refractivity contribution in [2.75, 3.05) is 11.4 Å². The summed E-state index contributed by atoms with van der Waals surface area (Å²) < 4.78 is 0. The molecule has 0 aliphatic carbocycles. The van der Waals surface area contributed by atoms with Gasteiger partial charge in [0.15, 0.2) is 5.13 Å². The molecule has 0 saturated carbocycles. The van der Waals surface area contributed by atoms with Crippen LogP contribution in [0, 0.1) is 0 Å². The number of nitrogens with two attached hydrogens (primary N) is 1. The Morgan fingerprint density at radius 3 is 2.62 bits per heavy atom. The van der Waals surface area contributed by atoms with Gasteiger partial charge >= 0.3 is 0 Å². The standard InChI is InChI=1S/C9H17N3S/c1-7(2)12(6-8(3)10)9-11-4-5-13-9/h4-5,7-8H,6,10H2,1-3H3. The maximum absolute atomic E-state index is 5.77. The van der Waals surface area contributed by atoms with E-state index in [-0.39, 0.29) is 6.04 Å². The molecule has 0 amide bonds. The van der Waals surface area contributed by atoms with E-state index in [1.807, 2.05) is 18.5 Å². The summed E-state index contributed by atoms with van der Waals surface area (Å²) >= 11 is 1.66. The zero-order valence-electron chi connectivity index (χ0n) is 8.40. The average Bonchev–Trinajstić information content (AvgIpc) is 2.50. The largest absolute Gasteiger partial charge is 0.344 e. The maximum Gasteiger partial charge on any atom is 0.185 e. The third kappa shape index (κ3) is 2.97. The molecule has 13 heavy (non-hydrogen) atoms. The van der Waals surface area contributed by atoms with E-state index in [0.717, 1.165) is 11.7 Å². The number of hydrogen-bond acceptors (Lipinski definition) is 4. The van der Waals surface area contributed by atoms with Crippen LogP contribution < -0.4 is 10.6 Å². The molecule has 0 aliphatic rings. The lowest BCUT2D eigenvalue weighted by Gasteiger charge is -2.27. The van der Waals surface area contributed by atoms with Crippen molar-refractivity contribution in [3.63, 3.8) is 0 Å². The zero-order chi connectivity index (χ0) is 9.84. The second-order valence-corrected chi connectivity index (χ2v) is 4.41. The van der Waals surface area contributed by atoms with Gasteiger partial charge in [-0.3, -0.25) is 0 Å². The minimum absolute atomic E-state index is 0.186. The van der Waals surface area contributed by atoms with Crippen LogP contribution in [0.4, 0.5) is 5.13 Å². The first kappa shape index (κ1) is 10.5. The molecule has 2 N–H and O–H groups in total. The Morgan fingerprint density at radius 1 is 1.54 bits per heavy atom. The van der Waals surface area contributed by atoms with Gasteiger partial charge in [-0.2, -0.15) is 0 Å². The number of aromatic nitrogens is 1. The Bertz CT molecular complexity index is 231. The Balaban J connectivity index is 2.69. The molecule has 1 aromatic rings. The Kier molecular flexibility index (Phi) is 3.69. The highest BCUT2D eigenvalue weighted by atomic mass is 32.1. The fraction of sp³-hybridized carbons (Fsp3) is 0.667. The molecule has 0 bridgehead atoms. The van der Waals surface area contributed by atoms with Gasteiger partial charge in [-0.25, -0.2) is 4.98 Å². The van der Waals surface area contributed by atoms with Gasteiger partial charge in [-0.05, 0) is 20.8 Å². The number of nitrogens with zero attached hydrogens (tertiary/aromatic N) is 2. The summed E-state index contributed by atoms with van der Waals surface area (Å²) in [5, 5.41) is 3.05. The lowest BCUT2D eigenvalue weighted by atomic mass is 10.3. The van der Waals surface area contributed by atoms with Crippen molar-refractivity contribution in [2.24, 2.45) is 5.73 Å². The highest BCUT2D eigenvalue weighted by Crippen LogP contribution is 2.19. The number of hydrogen-bond donors (Lipinski definition) is 1. The van der Waals surface area contributed by atoms with Crippen molar-refractivity contribution >= 4 is 16.5 Å². The lowest BCUT2D eigenvalue weighted by molar-refractivity contribution is 0.618. The van der Waals surface area contributed by atoms with Crippen molar-refractivity contribution in [2.45, 2.75) is 32.9 Å². The van der Waals surface area contributed by atoms with Crippen LogP contribution in [0.2, 0.25) is 0 Å².